The topological polar surface area (TPSA) is 67.0 Å². The van der Waals surface area contributed by atoms with Crippen LogP contribution in [0.3, 0.4) is 0 Å². The molecule has 0 radical (unpaired) electrons. The second-order valence-corrected chi connectivity index (χ2v) is 6.85. The van der Waals surface area contributed by atoms with Crippen molar-refractivity contribution in [2.24, 2.45) is 0 Å². The molecule has 0 bridgehead atoms. The monoisotopic (exact) mass is 403 g/mol. The fraction of sp³-hybridized carbons (Fsp3) is 0.0435. The number of ether oxygens (including phenoxy) is 1. The number of hydrogen-bond acceptors (Lipinski definition) is 3. The molecule has 4 rings (SSSR count). The number of rotatable bonds is 6. The highest BCUT2D eigenvalue weighted by molar-refractivity contribution is 6.30. The van der Waals surface area contributed by atoms with Crippen LogP contribution in [-0.2, 0) is 11.4 Å². The van der Waals surface area contributed by atoms with Crippen LogP contribution in [0.2, 0.25) is 5.02 Å². The number of H-pyrrole nitrogens is 1. The van der Waals surface area contributed by atoms with E-state index < -0.39 is 0 Å². The largest absolute Gasteiger partial charge is 0.489 e. The molecule has 0 aliphatic carbocycles. The molecule has 1 amide bonds. The summed E-state index contributed by atoms with van der Waals surface area (Å²) in [5.74, 6) is 0.907. The number of fused-ring (bicyclic) bond motifs is 1. The summed E-state index contributed by atoms with van der Waals surface area (Å²) in [6, 6.07) is 22.7. The van der Waals surface area contributed by atoms with Gasteiger partial charge in [0.05, 0.1) is 11.0 Å². The van der Waals surface area contributed by atoms with Crippen molar-refractivity contribution in [3.05, 3.63) is 95.0 Å². The Morgan fingerprint density at radius 1 is 1.07 bits per heavy atom. The summed E-state index contributed by atoms with van der Waals surface area (Å²) in [5.41, 5.74) is 3.57. The van der Waals surface area contributed by atoms with Gasteiger partial charge in [0, 0.05) is 11.1 Å². The zero-order valence-corrected chi connectivity index (χ0v) is 16.2. The predicted octanol–water partition coefficient (Wildman–Crippen LogP) is 5.45. The van der Waals surface area contributed by atoms with Crippen molar-refractivity contribution in [2.75, 3.05) is 5.32 Å². The molecule has 1 aromatic heterocycles. The summed E-state index contributed by atoms with van der Waals surface area (Å²) in [6.07, 6.45) is 3.20. The van der Waals surface area contributed by atoms with Crippen LogP contribution in [0.25, 0.3) is 17.1 Å². The Bertz CT molecular complexity index is 1130. The minimum absolute atomic E-state index is 0.259. The number of amides is 1. The molecule has 5 nitrogen and oxygen atoms in total. The highest BCUT2D eigenvalue weighted by Crippen LogP contribution is 2.17. The van der Waals surface area contributed by atoms with Crippen molar-refractivity contribution in [1.29, 1.82) is 0 Å². The molecular weight excluding hydrogens is 386 g/mol. The molecule has 0 saturated heterocycles. The molecule has 6 heteroatoms. The van der Waals surface area contributed by atoms with Gasteiger partial charge in [-0.25, -0.2) is 4.98 Å². The predicted molar refractivity (Wildman–Crippen MR) is 116 cm³/mol. The molecule has 0 fully saturated rings. The third-order valence-electron chi connectivity index (χ3n) is 4.23. The van der Waals surface area contributed by atoms with E-state index in [1.54, 1.807) is 6.08 Å². The zero-order chi connectivity index (χ0) is 20.1. The van der Waals surface area contributed by atoms with Crippen LogP contribution >= 0.6 is 11.6 Å². The minimum Gasteiger partial charge on any atom is -0.489 e. The van der Waals surface area contributed by atoms with Crippen LogP contribution in [0, 0.1) is 0 Å². The Morgan fingerprint density at radius 3 is 2.69 bits per heavy atom. The van der Waals surface area contributed by atoms with Crippen LogP contribution in [0.4, 0.5) is 5.95 Å². The molecular formula is C23H18ClN3O2. The summed E-state index contributed by atoms with van der Waals surface area (Å²) < 4.78 is 5.76. The zero-order valence-electron chi connectivity index (χ0n) is 15.4. The Labute approximate surface area is 173 Å². The maximum atomic E-state index is 12.1. The maximum Gasteiger partial charge on any atom is 0.250 e. The van der Waals surface area contributed by atoms with Gasteiger partial charge < -0.3 is 9.72 Å². The van der Waals surface area contributed by atoms with Crippen LogP contribution in [-0.4, -0.2) is 15.9 Å². The van der Waals surface area contributed by atoms with Crippen LogP contribution in [0.5, 0.6) is 5.75 Å². The molecule has 0 saturated carbocycles. The second kappa shape index (κ2) is 8.63. The van der Waals surface area contributed by atoms with Crippen molar-refractivity contribution in [1.82, 2.24) is 9.97 Å². The normalized spacial score (nSPS) is 11.1. The quantitative estimate of drug-likeness (QED) is 0.421. The van der Waals surface area contributed by atoms with Gasteiger partial charge >= 0.3 is 0 Å². The molecule has 144 valence electrons. The molecule has 29 heavy (non-hydrogen) atoms. The SMILES string of the molecule is O=C(/C=C/c1ccc(OCc2cccc(Cl)c2)cc1)Nc1nc2ccccc2[nH]1. The van der Waals surface area contributed by atoms with E-state index in [0.29, 0.717) is 17.6 Å². The fourth-order valence-corrected chi connectivity index (χ4v) is 3.02. The summed E-state index contributed by atoms with van der Waals surface area (Å²) in [6.45, 7) is 0.440. The summed E-state index contributed by atoms with van der Waals surface area (Å²) >= 11 is 5.98. The van der Waals surface area contributed by atoms with Crippen LogP contribution in [0.1, 0.15) is 11.1 Å². The number of aromatic amines is 1. The third kappa shape index (κ3) is 5.03. The molecule has 4 aromatic rings. The molecule has 0 unspecified atom stereocenters. The summed E-state index contributed by atoms with van der Waals surface area (Å²) in [4.78, 5) is 19.5. The Kier molecular flexibility index (Phi) is 5.59. The highest BCUT2D eigenvalue weighted by Gasteiger charge is 2.04. The first-order chi connectivity index (χ1) is 14.2. The number of benzene rings is 3. The lowest BCUT2D eigenvalue weighted by molar-refractivity contribution is -0.111. The van der Waals surface area contributed by atoms with E-state index >= 15 is 0 Å². The highest BCUT2D eigenvalue weighted by atomic mass is 35.5. The van der Waals surface area contributed by atoms with E-state index in [4.69, 9.17) is 16.3 Å². The standard InChI is InChI=1S/C23H18ClN3O2/c24-18-5-3-4-17(14-18)15-29-19-11-8-16(9-12-19)10-13-22(28)27-23-25-20-6-1-2-7-21(20)26-23/h1-14H,15H2,(H2,25,26,27,28)/b13-10+. The summed E-state index contributed by atoms with van der Waals surface area (Å²) in [5, 5.41) is 3.42. The van der Waals surface area contributed by atoms with Crippen molar-refractivity contribution >= 4 is 40.6 Å². The second-order valence-electron chi connectivity index (χ2n) is 6.41. The Balaban J connectivity index is 1.32. The molecule has 0 aliphatic rings. The van der Waals surface area contributed by atoms with Gasteiger partial charge in [-0.2, -0.15) is 0 Å². The number of carbonyl (C=O) groups is 1. The molecule has 0 aliphatic heterocycles. The number of aromatic nitrogens is 2. The summed E-state index contributed by atoms with van der Waals surface area (Å²) in [7, 11) is 0. The molecule has 3 aromatic carbocycles. The number of halogens is 1. The number of imidazole rings is 1. The lowest BCUT2D eigenvalue weighted by Gasteiger charge is -2.07. The van der Waals surface area contributed by atoms with Gasteiger partial charge in [0.1, 0.15) is 12.4 Å². The van der Waals surface area contributed by atoms with Gasteiger partial charge in [-0.05, 0) is 53.6 Å². The number of carbonyl (C=O) groups excluding carboxylic acids is 1. The van der Waals surface area contributed by atoms with Gasteiger partial charge in [-0.15, -0.1) is 0 Å². The smallest absolute Gasteiger partial charge is 0.250 e. The number of nitrogens with one attached hydrogen (secondary N) is 2. The van der Waals surface area contributed by atoms with Gasteiger partial charge in [-0.1, -0.05) is 48.0 Å². The van der Waals surface area contributed by atoms with Gasteiger partial charge in [0.2, 0.25) is 5.95 Å². The average molecular weight is 404 g/mol. The van der Waals surface area contributed by atoms with E-state index in [-0.39, 0.29) is 5.91 Å². The third-order valence-corrected chi connectivity index (χ3v) is 4.47. The van der Waals surface area contributed by atoms with Crippen molar-refractivity contribution < 1.29 is 9.53 Å². The lowest BCUT2D eigenvalue weighted by Crippen LogP contribution is -2.08. The minimum atomic E-state index is -0.259. The van der Waals surface area contributed by atoms with Crippen molar-refractivity contribution in [2.45, 2.75) is 6.61 Å². The molecule has 1 heterocycles. The van der Waals surface area contributed by atoms with Crippen molar-refractivity contribution in [3.8, 4) is 5.75 Å². The van der Waals surface area contributed by atoms with Crippen molar-refractivity contribution in [3.63, 3.8) is 0 Å². The first-order valence-electron chi connectivity index (χ1n) is 9.07. The molecule has 0 atom stereocenters. The van der Waals surface area contributed by atoms with E-state index in [1.807, 2.05) is 72.8 Å². The first-order valence-corrected chi connectivity index (χ1v) is 9.45. The Hall–Kier alpha value is -3.57. The fourth-order valence-electron chi connectivity index (χ4n) is 2.81. The van der Waals surface area contributed by atoms with E-state index in [9.17, 15) is 4.79 Å². The molecule has 2 N–H and O–H groups in total. The Morgan fingerprint density at radius 2 is 1.90 bits per heavy atom. The lowest BCUT2D eigenvalue weighted by atomic mass is 10.2. The van der Waals surface area contributed by atoms with Crippen LogP contribution < -0.4 is 10.1 Å². The average Bonchev–Trinajstić information content (AvgIpc) is 3.14. The van der Waals surface area contributed by atoms with Gasteiger partial charge in [-0.3, -0.25) is 10.1 Å². The van der Waals surface area contributed by atoms with Gasteiger partial charge in [0.15, 0.2) is 0 Å². The number of hydrogen-bond donors (Lipinski definition) is 2. The van der Waals surface area contributed by atoms with E-state index in [2.05, 4.69) is 15.3 Å². The molecule has 0 spiro atoms. The maximum absolute atomic E-state index is 12.1. The van der Waals surface area contributed by atoms with Crippen LogP contribution in [0.15, 0.2) is 78.9 Å². The number of anilines is 1. The van der Waals surface area contributed by atoms with E-state index in [1.165, 1.54) is 6.08 Å². The van der Waals surface area contributed by atoms with E-state index in [0.717, 1.165) is 27.9 Å². The van der Waals surface area contributed by atoms with Gasteiger partial charge in [0.25, 0.3) is 5.91 Å². The first kappa shape index (κ1) is 18.8. The number of nitrogens with zero attached hydrogens (tertiary/aromatic N) is 1. The number of para-hydroxylation sites is 2.